The summed E-state index contributed by atoms with van der Waals surface area (Å²) in [7, 11) is 0. The maximum atomic E-state index is 13.0. The molecular weight excluding hydrogens is 437 g/mol. The van der Waals surface area contributed by atoms with Gasteiger partial charge in [-0.3, -0.25) is 4.79 Å². The zero-order valence-corrected chi connectivity index (χ0v) is 19.9. The van der Waals surface area contributed by atoms with E-state index >= 15 is 0 Å². The molecule has 2 N–H and O–H groups in total. The molecule has 2 aliphatic carbocycles. The maximum absolute atomic E-state index is 13.0. The minimum Gasteiger partial charge on any atom is -0.491 e. The van der Waals surface area contributed by atoms with Gasteiger partial charge in [-0.2, -0.15) is 0 Å². The van der Waals surface area contributed by atoms with E-state index in [9.17, 15) is 19.4 Å². The topological polar surface area (TPSA) is 79.2 Å². The summed E-state index contributed by atoms with van der Waals surface area (Å²) in [6.07, 6.45) is 9.97. The summed E-state index contributed by atoms with van der Waals surface area (Å²) in [5.74, 6) is 1.20. The lowest BCUT2D eigenvalue weighted by molar-refractivity contribution is -0.132. The third-order valence-electron chi connectivity index (χ3n) is 7.58. The SMILES string of the molecule is O=C(CCCOC1C[C@H]2C[C@@H](O)[C@H](C=CC(O)COc3ccc(F)cc3)[C@@H]2C1)N1CCCCC1. The number of rotatable bonds is 10. The van der Waals surface area contributed by atoms with E-state index in [-0.39, 0.29) is 30.4 Å². The highest BCUT2D eigenvalue weighted by atomic mass is 19.1. The van der Waals surface area contributed by atoms with Gasteiger partial charge in [-0.1, -0.05) is 12.2 Å². The predicted molar refractivity (Wildman–Crippen MR) is 127 cm³/mol. The highest BCUT2D eigenvalue weighted by Gasteiger charge is 2.47. The molecule has 1 amide bonds. The van der Waals surface area contributed by atoms with Gasteiger partial charge in [0.2, 0.25) is 5.91 Å². The number of nitrogens with zero attached hydrogens (tertiary/aromatic N) is 1. The lowest BCUT2D eigenvalue weighted by Gasteiger charge is -2.26. The summed E-state index contributed by atoms with van der Waals surface area (Å²) in [5, 5.41) is 20.8. The van der Waals surface area contributed by atoms with Crippen LogP contribution in [0.3, 0.4) is 0 Å². The molecule has 1 saturated heterocycles. The Morgan fingerprint density at radius 3 is 2.68 bits per heavy atom. The first-order valence-electron chi connectivity index (χ1n) is 12.8. The molecule has 2 saturated carbocycles. The van der Waals surface area contributed by atoms with Gasteiger partial charge >= 0.3 is 0 Å². The largest absolute Gasteiger partial charge is 0.491 e. The average molecular weight is 476 g/mol. The van der Waals surface area contributed by atoms with Gasteiger partial charge in [-0.25, -0.2) is 4.39 Å². The van der Waals surface area contributed by atoms with Crippen LogP contribution in [0.5, 0.6) is 5.75 Å². The van der Waals surface area contributed by atoms with Crippen molar-refractivity contribution in [3.05, 3.63) is 42.2 Å². The van der Waals surface area contributed by atoms with Crippen LogP contribution < -0.4 is 4.74 Å². The van der Waals surface area contributed by atoms with Gasteiger partial charge in [0.25, 0.3) is 0 Å². The van der Waals surface area contributed by atoms with Crippen LogP contribution in [0.25, 0.3) is 0 Å². The number of aliphatic hydroxyl groups is 2. The van der Waals surface area contributed by atoms with Gasteiger partial charge in [0.15, 0.2) is 0 Å². The summed E-state index contributed by atoms with van der Waals surface area (Å²) in [5.41, 5.74) is 0. The van der Waals surface area contributed by atoms with Crippen molar-refractivity contribution in [1.82, 2.24) is 4.90 Å². The van der Waals surface area contributed by atoms with E-state index < -0.39 is 12.2 Å². The summed E-state index contributed by atoms with van der Waals surface area (Å²) in [6.45, 7) is 2.47. The van der Waals surface area contributed by atoms with Crippen molar-refractivity contribution in [3.63, 3.8) is 0 Å². The monoisotopic (exact) mass is 475 g/mol. The van der Waals surface area contributed by atoms with E-state index in [0.29, 0.717) is 30.6 Å². The Balaban J connectivity index is 1.17. The molecule has 4 rings (SSSR count). The number of benzene rings is 1. The van der Waals surface area contributed by atoms with Crippen molar-refractivity contribution in [2.75, 3.05) is 26.3 Å². The molecule has 6 nitrogen and oxygen atoms in total. The Labute approximate surface area is 201 Å². The van der Waals surface area contributed by atoms with Crippen molar-refractivity contribution in [2.45, 2.75) is 69.7 Å². The number of carbonyl (C=O) groups excluding carboxylic acids is 1. The van der Waals surface area contributed by atoms with Crippen LogP contribution in [0, 0.1) is 23.6 Å². The van der Waals surface area contributed by atoms with Gasteiger partial charge in [-0.05, 0) is 81.0 Å². The highest BCUT2D eigenvalue weighted by molar-refractivity contribution is 5.76. The molecule has 188 valence electrons. The predicted octanol–water partition coefficient (Wildman–Crippen LogP) is 3.71. The summed E-state index contributed by atoms with van der Waals surface area (Å²) in [4.78, 5) is 14.3. The van der Waals surface area contributed by atoms with Crippen LogP contribution in [0.2, 0.25) is 0 Å². The van der Waals surface area contributed by atoms with E-state index in [1.54, 1.807) is 6.08 Å². The van der Waals surface area contributed by atoms with Crippen LogP contribution >= 0.6 is 0 Å². The molecule has 0 spiro atoms. The van der Waals surface area contributed by atoms with E-state index in [0.717, 1.165) is 51.6 Å². The molecule has 7 heteroatoms. The molecule has 6 atom stereocenters. The second-order valence-electron chi connectivity index (χ2n) is 10.0. The minimum atomic E-state index is -0.804. The number of hydrogen-bond donors (Lipinski definition) is 2. The summed E-state index contributed by atoms with van der Waals surface area (Å²) in [6, 6.07) is 5.69. The normalized spacial score (nSPS) is 30.0. The molecule has 0 bridgehead atoms. The van der Waals surface area contributed by atoms with E-state index in [1.165, 1.54) is 30.7 Å². The Bertz CT molecular complexity index is 810. The van der Waals surface area contributed by atoms with E-state index in [2.05, 4.69) is 0 Å². The fourth-order valence-electron chi connectivity index (χ4n) is 5.81. The van der Waals surface area contributed by atoms with Gasteiger partial charge in [0.05, 0.1) is 12.2 Å². The maximum Gasteiger partial charge on any atom is 0.222 e. The quantitative estimate of drug-likeness (QED) is 0.398. The number of halogens is 1. The second kappa shape index (κ2) is 12.1. The van der Waals surface area contributed by atoms with Crippen LogP contribution in [0.1, 0.15) is 51.4 Å². The molecule has 2 unspecified atom stereocenters. The van der Waals surface area contributed by atoms with Gasteiger partial charge < -0.3 is 24.6 Å². The fraction of sp³-hybridized carbons (Fsp3) is 0.667. The number of fused-ring (bicyclic) bond motifs is 1. The van der Waals surface area contributed by atoms with Gasteiger partial charge in [0.1, 0.15) is 24.3 Å². The molecule has 34 heavy (non-hydrogen) atoms. The Hall–Kier alpha value is -1.96. The first kappa shape index (κ1) is 25.1. The number of piperidine rings is 1. The Kier molecular flexibility index (Phi) is 8.98. The Morgan fingerprint density at radius 2 is 1.91 bits per heavy atom. The van der Waals surface area contributed by atoms with Crippen LogP contribution in [-0.2, 0) is 9.53 Å². The van der Waals surface area contributed by atoms with Crippen molar-refractivity contribution in [3.8, 4) is 5.75 Å². The zero-order valence-electron chi connectivity index (χ0n) is 19.9. The molecule has 1 heterocycles. The van der Waals surface area contributed by atoms with Crippen molar-refractivity contribution >= 4 is 5.91 Å². The molecule has 3 aliphatic rings. The average Bonchev–Trinajstić information content (AvgIpc) is 3.36. The van der Waals surface area contributed by atoms with E-state index in [4.69, 9.17) is 9.47 Å². The zero-order chi connectivity index (χ0) is 23.9. The Morgan fingerprint density at radius 1 is 1.15 bits per heavy atom. The smallest absolute Gasteiger partial charge is 0.222 e. The number of amides is 1. The van der Waals surface area contributed by atoms with Crippen molar-refractivity contribution in [1.29, 1.82) is 0 Å². The standard InChI is InChI=1S/C27H38FNO5/c28-20-6-9-22(10-7-20)34-18-21(30)8-11-24-25-17-23(15-19(25)16-26(24)31)33-14-4-5-27(32)29-12-2-1-3-13-29/h6-11,19,21,23-26,30-31H,1-5,12-18H2/t19-,21?,23?,24+,25+,26+/m0/s1. The number of hydrogen-bond acceptors (Lipinski definition) is 5. The fourth-order valence-corrected chi connectivity index (χ4v) is 5.81. The van der Waals surface area contributed by atoms with Gasteiger partial charge in [-0.15, -0.1) is 0 Å². The number of aliphatic hydroxyl groups excluding tert-OH is 2. The molecule has 1 aromatic rings. The first-order chi connectivity index (χ1) is 16.5. The number of carbonyl (C=O) groups is 1. The molecule has 0 aromatic heterocycles. The lowest BCUT2D eigenvalue weighted by Crippen LogP contribution is -2.35. The van der Waals surface area contributed by atoms with Crippen LogP contribution in [0.4, 0.5) is 4.39 Å². The highest BCUT2D eigenvalue weighted by Crippen LogP contribution is 2.49. The second-order valence-corrected chi connectivity index (χ2v) is 10.0. The molecule has 3 fully saturated rings. The molecule has 1 aromatic carbocycles. The van der Waals surface area contributed by atoms with Crippen molar-refractivity contribution < 1.29 is 28.9 Å². The number of likely N-dealkylation sites (tertiary alicyclic amines) is 1. The summed E-state index contributed by atoms with van der Waals surface area (Å²) >= 11 is 0. The minimum absolute atomic E-state index is 0.000231. The molecule has 0 radical (unpaired) electrons. The third kappa shape index (κ3) is 6.80. The lowest BCUT2D eigenvalue weighted by atomic mass is 9.90. The summed E-state index contributed by atoms with van der Waals surface area (Å²) < 4.78 is 24.6. The first-order valence-corrected chi connectivity index (χ1v) is 12.8. The van der Waals surface area contributed by atoms with Crippen LogP contribution in [-0.4, -0.2) is 65.6 Å². The third-order valence-corrected chi connectivity index (χ3v) is 7.58. The van der Waals surface area contributed by atoms with Crippen LogP contribution in [0.15, 0.2) is 36.4 Å². The number of ether oxygens (including phenoxy) is 2. The molecule has 1 aliphatic heterocycles. The molecular formula is C27H38FNO5. The van der Waals surface area contributed by atoms with E-state index in [1.807, 2.05) is 11.0 Å². The van der Waals surface area contributed by atoms with Crippen molar-refractivity contribution in [2.24, 2.45) is 17.8 Å². The van der Waals surface area contributed by atoms with Gasteiger partial charge in [0, 0.05) is 32.0 Å².